The van der Waals surface area contributed by atoms with Gasteiger partial charge in [-0.2, -0.15) is 4.31 Å². The molecular weight excluding hydrogens is 635 g/mol. The number of hydrogen-bond acceptors (Lipinski definition) is 7. The van der Waals surface area contributed by atoms with Crippen LogP contribution < -0.4 is 10.6 Å². The van der Waals surface area contributed by atoms with Gasteiger partial charge in [0.15, 0.2) is 17.4 Å². The average molecular weight is 680 g/mol. The van der Waals surface area contributed by atoms with E-state index in [1.54, 1.807) is 19.2 Å². The minimum Gasteiger partial charge on any atom is -0.453 e. The Bertz CT molecular complexity index is 1520. The van der Waals surface area contributed by atoms with E-state index < -0.39 is 57.4 Å². The summed E-state index contributed by atoms with van der Waals surface area (Å²) in [5.41, 5.74) is 0.921. The molecule has 3 fully saturated rings. The first kappa shape index (κ1) is 35.3. The Balaban J connectivity index is 1.43. The van der Waals surface area contributed by atoms with Gasteiger partial charge in [0.1, 0.15) is 5.82 Å². The second-order valence-electron chi connectivity index (χ2n) is 12.9. The summed E-state index contributed by atoms with van der Waals surface area (Å²) in [7, 11) is -0.642. The Morgan fingerprint density at radius 2 is 1.74 bits per heavy atom. The van der Waals surface area contributed by atoms with E-state index in [4.69, 9.17) is 9.47 Å². The maximum absolute atomic E-state index is 15.5. The van der Waals surface area contributed by atoms with Crippen LogP contribution in [-0.4, -0.2) is 81.9 Å². The van der Waals surface area contributed by atoms with Crippen LogP contribution in [0.5, 0.6) is 0 Å². The lowest BCUT2D eigenvalue weighted by Gasteiger charge is -2.38. The maximum atomic E-state index is 15.5. The number of sulfonamides is 1. The number of carbonyl (C=O) groups excluding carboxylic acids is 2. The molecule has 5 atom stereocenters. The van der Waals surface area contributed by atoms with Crippen molar-refractivity contribution in [3.8, 4) is 0 Å². The molecule has 47 heavy (non-hydrogen) atoms. The molecule has 1 amide bonds. The van der Waals surface area contributed by atoms with Crippen LogP contribution in [0.2, 0.25) is 0 Å². The van der Waals surface area contributed by atoms with Crippen molar-refractivity contribution >= 4 is 21.9 Å². The van der Waals surface area contributed by atoms with Crippen molar-refractivity contribution in [1.29, 1.82) is 0 Å². The number of Topliss-reactive ketones (excluding diaryl/α,β-unsaturated/α-hetero) is 1. The maximum Gasteiger partial charge on any atom is 0.407 e. The molecule has 2 N–H and O–H groups in total. The van der Waals surface area contributed by atoms with Crippen LogP contribution >= 0.6 is 0 Å². The predicted octanol–water partition coefficient (Wildman–Crippen LogP) is 4.63. The highest BCUT2D eigenvalue weighted by Crippen LogP contribution is 2.40. The van der Waals surface area contributed by atoms with E-state index in [0.717, 1.165) is 25.3 Å². The minimum atomic E-state index is -3.48. The summed E-state index contributed by atoms with van der Waals surface area (Å²) in [6.07, 6.45) is 3.34. The number of nitrogens with zero attached hydrogens (tertiary/aromatic N) is 1. The van der Waals surface area contributed by atoms with E-state index in [9.17, 15) is 26.8 Å². The highest BCUT2D eigenvalue weighted by Gasteiger charge is 2.40. The van der Waals surface area contributed by atoms with Gasteiger partial charge in [0.2, 0.25) is 10.0 Å². The Morgan fingerprint density at radius 3 is 2.43 bits per heavy atom. The molecule has 2 aromatic carbocycles. The molecule has 2 bridgehead atoms. The second-order valence-corrected chi connectivity index (χ2v) is 15.0. The zero-order chi connectivity index (χ0) is 33.7. The quantitative estimate of drug-likeness (QED) is 0.356. The number of hydrogen-bond donors (Lipinski definition) is 2. The number of amides is 1. The van der Waals surface area contributed by atoms with Crippen LogP contribution in [0.15, 0.2) is 36.4 Å². The van der Waals surface area contributed by atoms with Gasteiger partial charge in [-0.3, -0.25) is 4.79 Å². The van der Waals surface area contributed by atoms with E-state index >= 15 is 4.39 Å². The Labute approximate surface area is 274 Å². The molecule has 0 aromatic heterocycles. The van der Waals surface area contributed by atoms with Gasteiger partial charge in [-0.05, 0) is 92.2 Å². The third-order valence-electron chi connectivity index (χ3n) is 10.1. The van der Waals surface area contributed by atoms with Gasteiger partial charge in [0.05, 0.1) is 25.0 Å². The Morgan fingerprint density at radius 1 is 1.02 bits per heavy atom. The van der Waals surface area contributed by atoms with E-state index in [1.165, 1.54) is 29.6 Å². The Kier molecular flexibility index (Phi) is 11.6. The number of benzene rings is 2. The number of ether oxygens (including phenoxy) is 2. The van der Waals surface area contributed by atoms with Crippen molar-refractivity contribution in [2.24, 2.45) is 5.92 Å². The van der Waals surface area contributed by atoms with Crippen molar-refractivity contribution in [2.45, 2.75) is 87.9 Å². The molecule has 0 spiro atoms. The second kappa shape index (κ2) is 15.5. The molecule has 5 rings (SSSR count). The first-order valence-corrected chi connectivity index (χ1v) is 18.0. The van der Waals surface area contributed by atoms with Crippen LogP contribution in [0, 0.1) is 23.4 Å². The molecule has 13 heteroatoms. The number of halogens is 3. The third-order valence-corrected chi connectivity index (χ3v) is 12.1. The third kappa shape index (κ3) is 8.36. The van der Waals surface area contributed by atoms with Crippen molar-refractivity contribution in [2.75, 3.05) is 33.1 Å². The highest BCUT2D eigenvalue weighted by molar-refractivity contribution is 7.89. The van der Waals surface area contributed by atoms with Gasteiger partial charge in [-0.25, -0.2) is 26.4 Å². The fourth-order valence-electron chi connectivity index (χ4n) is 7.58. The summed E-state index contributed by atoms with van der Waals surface area (Å²) in [5.74, 6) is -3.61. The van der Waals surface area contributed by atoms with Crippen LogP contribution in [0.1, 0.15) is 67.6 Å². The van der Waals surface area contributed by atoms with Crippen molar-refractivity contribution < 1.29 is 40.7 Å². The predicted molar refractivity (Wildman–Crippen MR) is 170 cm³/mol. The number of rotatable bonds is 11. The molecule has 1 aliphatic carbocycles. The SMILES string of the molecule is COC(=O)N[C@H](C(=O)Cc1ccc(F)c(F)c1CC[C@H]1CN[C@@H]2CCCS(=O)(=O)N1C2)[C@@H](c1ccc(F)cc1)C1CCC(OC)CC1. The first-order chi connectivity index (χ1) is 22.5. The van der Waals surface area contributed by atoms with Crippen LogP contribution in [0.3, 0.4) is 0 Å². The number of alkyl carbamates (subject to hydrolysis) is 1. The number of nitrogens with one attached hydrogen (secondary N) is 2. The highest BCUT2D eigenvalue weighted by atomic mass is 32.2. The molecule has 2 heterocycles. The summed E-state index contributed by atoms with van der Waals surface area (Å²) in [4.78, 5) is 26.9. The first-order valence-electron chi connectivity index (χ1n) is 16.3. The zero-order valence-corrected chi connectivity index (χ0v) is 27.7. The van der Waals surface area contributed by atoms with Gasteiger partial charge in [0.25, 0.3) is 0 Å². The lowest BCUT2D eigenvalue weighted by Crippen LogP contribution is -2.57. The van der Waals surface area contributed by atoms with Crippen LogP contribution in [-0.2, 0) is 37.1 Å². The van der Waals surface area contributed by atoms with Crippen molar-refractivity contribution in [3.05, 3.63) is 70.5 Å². The smallest absolute Gasteiger partial charge is 0.407 e. The van der Waals surface area contributed by atoms with E-state index in [2.05, 4.69) is 10.6 Å². The van der Waals surface area contributed by atoms with Gasteiger partial charge < -0.3 is 20.1 Å². The summed E-state index contributed by atoms with van der Waals surface area (Å²) in [5, 5.41) is 6.09. The van der Waals surface area contributed by atoms with E-state index in [1.807, 2.05) is 0 Å². The molecule has 3 aliphatic rings. The summed E-state index contributed by atoms with van der Waals surface area (Å²) < 4.78 is 81.9. The van der Waals surface area contributed by atoms with Crippen molar-refractivity contribution in [1.82, 2.24) is 14.9 Å². The molecular formula is C34H44F3N3O6S. The van der Waals surface area contributed by atoms with E-state index in [0.29, 0.717) is 37.9 Å². The van der Waals surface area contributed by atoms with Crippen LogP contribution in [0.25, 0.3) is 0 Å². The summed E-state index contributed by atoms with van der Waals surface area (Å²) in [6, 6.07) is 6.66. The molecule has 2 aromatic rings. The van der Waals surface area contributed by atoms with Crippen molar-refractivity contribution in [3.63, 3.8) is 0 Å². The lowest BCUT2D eigenvalue weighted by atomic mass is 9.71. The fourth-order valence-corrected chi connectivity index (χ4v) is 9.39. The fraction of sp³-hybridized carbons (Fsp3) is 0.588. The molecule has 0 radical (unpaired) electrons. The van der Waals surface area contributed by atoms with Crippen LogP contribution in [0.4, 0.5) is 18.0 Å². The van der Waals surface area contributed by atoms with Gasteiger partial charge in [-0.15, -0.1) is 0 Å². The normalized spacial score (nSPS) is 26.9. The Hall–Kier alpha value is -3.00. The number of fused-ring (bicyclic) bond motifs is 2. The average Bonchev–Trinajstić information content (AvgIpc) is 3.18. The number of carbonyl (C=O) groups is 2. The number of methoxy groups -OCH3 is 2. The van der Waals surface area contributed by atoms with Gasteiger partial charge in [-0.1, -0.05) is 18.2 Å². The standard InChI is InChI=1S/C34H44F3N3O6S/c1-45-27-13-7-22(8-14-27)31(21-5-10-24(35)11-6-21)33(39-34(42)46-2)30(41)18-23-9-16-29(36)32(37)28(23)15-12-26-19-38-25-4-3-17-47(43,44)40(26)20-25/h5-6,9-11,16,22,25-27,31,33,38H,3-4,7-8,12-15,17-20H2,1-2H3,(H,39,42)/t22?,25-,26+,27?,31+,33-/m1/s1. The molecule has 1 saturated carbocycles. The zero-order valence-electron chi connectivity index (χ0n) is 26.9. The molecule has 2 saturated heterocycles. The summed E-state index contributed by atoms with van der Waals surface area (Å²) in [6.45, 7) is 0.729. The summed E-state index contributed by atoms with van der Waals surface area (Å²) >= 11 is 0. The minimum absolute atomic E-state index is 0.00319. The monoisotopic (exact) mass is 679 g/mol. The number of piperazine rings is 1. The lowest BCUT2D eigenvalue weighted by molar-refractivity contribution is -0.121. The largest absolute Gasteiger partial charge is 0.453 e. The van der Waals surface area contributed by atoms with Gasteiger partial charge >= 0.3 is 6.09 Å². The number of ketones is 1. The molecule has 2 aliphatic heterocycles. The molecule has 9 nitrogen and oxygen atoms in total. The van der Waals surface area contributed by atoms with Gasteiger partial charge in [0, 0.05) is 44.6 Å². The molecule has 258 valence electrons. The molecule has 1 unspecified atom stereocenters. The topological polar surface area (TPSA) is 114 Å². The van der Waals surface area contributed by atoms with E-state index in [-0.39, 0.29) is 54.2 Å².